The highest BCUT2D eigenvalue weighted by Gasteiger charge is 2.28. The molecule has 1 amide bonds. The molecule has 1 atom stereocenters. The number of halogens is 1. The Bertz CT molecular complexity index is 866. The first kappa shape index (κ1) is 15.9. The lowest BCUT2D eigenvalue weighted by molar-refractivity contribution is -0.119. The molecular weight excluding hydrogens is 329 g/mol. The minimum Gasteiger partial charge on any atom is -0.310 e. The van der Waals surface area contributed by atoms with Crippen molar-refractivity contribution in [3.05, 3.63) is 35.8 Å². The number of thiazole rings is 1. The predicted octanol–water partition coefficient (Wildman–Crippen LogP) is 2.56. The molecular formula is C16H12FN5OS. The van der Waals surface area contributed by atoms with Crippen LogP contribution in [0.4, 0.5) is 9.52 Å². The Hall–Kier alpha value is -2.97. The summed E-state index contributed by atoms with van der Waals surface area (Å²) >= 11 is 1.23. The zero-order chi connectivity index (χ0) is 17.1. The second kappa shape index (κ2) is 6.65. The lowest BCUT2D eigenvalue weighted by atomic mass is 10.1. The van der Waals surface area contributed by atoms with Crippen LogP contribution in [0.2, 0.25) is 0 Å². The molecule has 0 saturated carbocycles. The third kappa shape index (κ3) is 3.19. The molecule has 2 aromatic rings. The van der Waals surface area contributed by atoms with Crippen molar-refractivity contribution in [2.45, 2.75) is 6.42 Å². The third-order valence-corrected chi connectivity index (χ3v) is 4.77. The fraction of sp³-hybridized carbons (Fsp3) is 0.250. The van der Waals surface area contributed by atoms with Crippen LogP contribution in [0.3, 0.4) is 0 Å². The van der Waals surface area contributed by atoms with Gasteiger partial charge < -0.3 is 10.2 Å². The van der Waals surface area contributed by atoms with Gasteiger partial charge in [-0.3, -0.25) is 4.79 Å². The maximum Gasteiger partial charge on any atom is 0.231 e. The average Bonchev–Trinajstić information content (AvgIpc) is 3.24. The molecule has 0 aliphatic carbocycles. The summed E-state index contributed by atoms with van der Waals surface area (Å²) in [5.74, 6) is -0.986. The summed E-state index contributed by atoms with van der Waals surface area (Å²) in [5, 5.41) is 20.7. The Kier molecular flexibility index (Phi) is 4.41. The second-order valence-corrected chi connectivity index (χ2v) is 6.39. The van der Waals surface area contributed by atoms with Crippen molar-refractivity contribution in [1.82, 2.24) is 9.88 Å². The number of nitrogens with one attached hydrogen (secondary N) is 1. The van der Waals surface area contributed by atoms with Gasteiger partial charge in [0.25, 0.3) is 0 Å². The standard InChI is InChI=1S/C16H12FN5OS/c17-13-5-10(1-2-11(13)6-18)14-7-20-16(24-14)21-15(23)12-3-4-22(8-12)9-19/h1-2,5,7,12H,3-4,8H2,(H,20,21,23)/t12-/m0/s1. The lowest BCUT2D eigenvalue weighted by Gasteiger charge is -2.08. The van der Waals surface area contributed by atoms with Gasteiger partial charge in [-0.25, -0.2) is 9.37 Å². The van der Waals surface area contributed by atoms with E-state index in [1.165, 1.54) is 23.5 Å². The van der Waals surface area contributed by atoms with Crippen LogP contribution in [0, 0.1) is 34.5 Å². The molecule has 120 valence electrons. The maximum atomic E-state index is 13.7. The van der Waals surface area contributed by atoms with Gasteiger partial charge in [-0.05, 0) is 24.1 Å². The lowest BCUT2D eigenvalue weighted by Crippen LogP contribution is -2.25. The normalized spacial score (nSPS) is 16.5. The number of hydrogen-bond donors (Lipinski definition) is 1. The van der Waals surface area contributed by atoms with Crippen LogP contribution in [0.25, 0.3) is 10.4 Å². The molecule has 1 aliphatic rings. The van der Waals surface area contributed by atoms with Crippen molar-refractivity contribution in [2.24, 2.45) is 5.92 Å². The number of carbonyl (C=O) groups excluding carboxylic acids is 1. The van der Waals surface area contributed by atoms with E-state index in [4.69, 9.17) is 10.5 Å². The van der Waals surface area contributed by atoms with Crippen LogP contribution in [0.5, 0.6) is 0 Å². The number of aromatic nitrogens is 1. The van der Waals surface area contributed by atoms with Crippen molar-refractivity contribution >= 4 is 22.4 Å². The number of nitrogens with zero attached hydrogens (tertiary/aromatic N) is 4. The summed E-state index contributed by atoms with van der Waals surface area (Å²) in [6, 6.07) is 6.11. The second-order valence-electron chi connectivity index (χ2n) is 5.36. The number of rotatable bonds is 3. The van der Waals surface area contributed by atoms with E-state index in [2.05, 4.69) is 10.3 Å². The highest BCUT2D eigenvalue weighted by Crippen LogP contribution is 2.30. The largest absolute Gasteiger partial charge is 0.310 e. The van der Waals surface area contributed by atoms with E-state index in [0.29, 0.717) is 35.1 Å². The maximum absolute atomic E-state index is 13.7. The quantitative estimate of drug-likeness (QED) is 0.866. The molecule has 24 heavy (non-hydrogen) atoms. The summed E-state index contributed by atoms with van der Waals surface area (Å²) in [7, 11) is 0. The zero-order valence-corrected chi connectivity index (χ0v) is 13.3. The number of likely N-dealkylation sites (tertiary alicyclic amines) is 1. The van der Waals surface area contributed by atoms with Gasteiger partial charge in [0.05, 0.1) is 16.4 Å². The van der Waals surface area contributed by atoms with Gasteiger partial charge in [-0.15, -0.1) is 0 Å². The minimum absolute atomic E-state index is 0.0138. The number of anilines is 1. The van der Waals surface area contributed by atoms with Gasteiger partial charge >= 0.3 is 0 Å². The Balaban J connectivity index is 1.70. The van der Waals surface area contributed by atoms with Crippen LogP contribution in [-0.4, -0.2) is 28.9 Å². The first-order chi connectivity index (χ1) is 11.6. The monoisotopic (exact) mass is 341 g/mol. The van der Waals surface area contributed by atoms with E-state index >= 15 is 0 Å². The molecule has 8 heteroatoms. The Morgan fingerprint density at radius 1 is 1.46 bits per heavy atom. The van der Waals surface area contributed by atoms with E-state index in [0.717, 1.165) is 0 Å². The van der Waals surface area contributed by atoms with Gasteiger partial charge in [-0.1, -0.05) is 17.4 Å². The van der Waals surface area contributed by atoms with Crippen LogP contribution in [0.1, 0.15) is 12.0 Å². The Morgan fingerprint density at radius 2 is 2.29 bits per heavy atom. The molecule has 3 rings (SSSR count). The molecule has 1 fully saturated rings. The molecule has 1 aliphatic heterocycles. The first-order valence-corrected chi connectivity index (χ1v) is 8.03. The summed E-state index contributed by atoms with van der Waals surface area (Å²) in [4.78, 5) is 18.6. The molecule has 0 radical (unpaired) electrons. The van der Waals surface area contributed by atoms with Crippen LogP contribution in [0.15, 0.2) is 24.4 Å². The van der Waals surface area contributed by atoms with E-state index < -0.39 is 5.82 Å². The number of benzene rings is 1. The van der Waals surface area contributed by atoms with E-state index in [9.17, 15) is 9.18 Å². The zero-order valence-electron chi connectivity index (χ0n) is 12.5. The Labute approximate surface area is 141 Å². The fourth-order valence-electron chi connectivity index (χ4n) is 2.50. The van der Waals surface area contributed by atoms with Gasteiger partial charge in [-0.2, -0.15) is 10.5 Å². The third-order valence-electron chi connectivity index (χ3n) is 3.81. The molecule has 1 aromatic heterocycles. The molecule has 1 N–H and O–H groups in total. The highest BCUT2D eigenvalue weighted by atomic mass is 32.1. The van der Waals surface area contributed by atoms with Gasteiger partial charge in [0.15, 0.2) is 11.3 Å². The molecule has 1 aromatic carbocycles. The van der Waals surface area contributed by atoms with E-state index in [-0.39, 0.29) is 17.4 Å². The predicted molar refractivity (Wildman–Crippen MR) is 86.1 cm³/mol. The first-order valence-electron chi connectivity index (χ1n) is 7.22. The molecule has 6 nitrogen and oxygen atoms in total. The summed E-state index contributed by atoms with van der Waals surface area (Å²) < 4.78 is 13.7. The summed E-state index contributed by atoms with van der Waals surface area (Å²) in [6.45, 7) is 1.00. The number of amides is 1. The number of nitriles is 2. The molecule has 0 unspecified atom stereocenters. The molecule has 0 bridgehead atoms. The van der Waals surface area contributed by atoms with Crippen molar-refractivity contribution in [3.63, 3.8) is 0 Å². The SMILES string of the molecule is N#Cc1ccc(-c2cnc(NC(=O)[C@H]3CCN(C#N)C3)s2)cc1F. The van der Waals surface area contributed by atoms with Crippen molar-refractivity contribution < 1.29 is 9.18 Å². The smallest absolute Gasteiger partial charge is 0.231 e. The Morgan fingerprint density at radius 3 is 2.96 bits per heavy atom. The van der Waals surface area contributed by atoms with E-state index in [1.807, 2.05) is 6.19 Å². The summed E-state index contributed by atoms with van der Waals surface area (Å²) in [6.07, 6.45) is 4.23. The number of hydrogen-bond acceptors (Lipinski definition) is 6. The van der Waals surface area contributed by atoms with Crippen molar-refractivity contribution in [3.8, 4) is 22.7 Å². The van der Waals surface area contributed by atoms with Crippen molar-refractivity contribution in [1.29, 1.82) is 10.5 Å². The fourth-order valence-corrected chi connectivity index (χ4v) is 3.31. The van der Waals surface area contributed by atoms with Crippen LogP contribution in [-0.2, 0) is 4.79 Å². The summed E-state index contributed by atoms with van der Waals surface area (Å²) in [5.41, 5.74) is 0.584. The molecule has 2 heterocycles. The van der Waals surface area contributed by atoms with Gasteiger partial charge in [0.2, 0.25) is 5.91 Å². The topological polar surface area (TPSA) is 92.8 Å². The van der Waals surface area contributed by atoms with Crippen LogP contribution < -0.4 is 5.32 Å². The number of carbonyl (C=O) groups is 1. The van der Waals surface area contributed by atoms with Gasteiger partial charge in [0.1, 0.15) is 11.9 Å². The minimum atomic E-state index is -0.587. The van der Waals surface area contributed by atoms with Crippen LogP contribution >= 0.6 is 11.3 Å². The molecule has 0 spiro atoms. The van der Waals surface area contributed by atoms with E-state index in [1.54, 1.807) is 23.2 Å². The average molecular weight is 341 g/mol. The van der Waals surface area contributed by atoms with Gasteiger partial charge in [0, 0.05) is 19.3 Å². The highest BCUT2D eigenvalue weighted by molar-refractivity contribution is 7.19. The van der Waals surface area contributed by atoms with Crippen molar-refractivity contribution in [2.75, 3.05) is 18.4 Å². The molecule has 1 saturated heterocycles.